The quantitative estimate of drug-likeness (QED) is 0.468. The van der Waals surface area contributed by atoms with Crippen molar-refractivity contribution in [2.75, 3.05) is 6.54 Å². The van der Waals surface area contributed by atoms with E-state index in [0.29, 0.717) is 32.2 Å². The van der Waals surface area contributed by atoms with E-state index in [4.69, 9.17) is 0 Å². The first-order valence-corrected chi connectivity index (χ1v) is 11.1. The van der Waals surface area contributed by atoms with Gasteiger partial charge in [-0.05, 0) is 42.9 Å². The van der Waals surface area contributed by atoms with Crippen molar-refractivity contribution in [1.29, 1.82) is 0 Å². The summed E-state index contributed by atoms with van der Waals surface area (Å²) in [6.07, 6.45) is 4.13. The van der Waals surface area contributed by atoms with Crippen molar-refractivity contribution in [3.8, 4) is 0 Å². The van der Waals surface area contributed by atoms with Crippen LogP contribution in [-0.4, -0.2) is 34.9 Å². The highest BCUT2D eigenvalue weighted by atomic mass is 16.2. The molecule has 2 fully saturated rings. The fourth-order valence-electron chi connectivity index (χ4n) is 5.07. The second-order valence-electron chi connectivity index (χ2n) is 8.76. The van der Waals surface area contributed by atoms with Gasteiger partial charge >= 0.3 is 6.03 Å². The Kier molecular flexibility index (Phi) is 5.17. The number of para-hydroxylation sites is 1. The number of fused-ring (bicyclic) bond motifs is 1. The summed E-state index contributed by atoms with van der Waals surface area (Å²) in [4.78, 5) is 40.0. The Morgan fingerprint density at radius 1 is 1.03 bits per heavy atom. The highest BCUT2D eigenvalue weighted by molar-refractivity contribution is 6.07. The molecule has 1 spiro atoms. The van der Waals surface area contributed by atoms with Gasteiger partial charge in [0.2, 0.25) is 5.91 Å². The summed E-state index contributed by atoms with van der Waals surface area (Å²) >= 11 is 0. The standard InChI is InChI=1S/C25H26N4O3/c30-22(17-10-12-25(13-11-17)23(31)28-24(32)29-25)27-14-19(16-6-2-1-3-7-16)20-15-26-21-9-5-4-8-18(20)21/h1-9,15,17,19,26H,10-14H2,(H,27,30)(H2,28,29,31,32). The van der Waals surface area contributed by atoms with Crippen LogP contribution in [0.1, 0.15) is 42.7 Å². The number of nitrogens with one attached hydrogen (secondary N) is 4. The number of aromatic amines is 1. The van der Waals surface area contributed by atoms with E-state index in [1.807, 2.05) is 36.5 Å². The minimum atomic E-state index is -0.843. The number of benzene rings is 2. The first-order chi connectivity index (χ1) is 15.6. The number of H-pyrrole nitrogens is 1. The van der Waals surface area contributed by atoms with E-state index in [9.17, 15) is 14.4 Å². The molecule has 2 heterocycles. The first-order valence-electron chi connectivity index (χ1n) is 11.1. The van der Waals surface area contributed by atoms with Gasteiger partial charge in [0.25, 0.3) is 5.91 Å². The molecule has 1 aromatic heterocycles. The molecule has 1 aliphatic carbocycles. The number of rotatable bonds is 5. The fourth-order valence-corrected chi connectivity index (χ4v) is 5.07. The summed E-state index contributed by atoms with van der Waals surface area (Å²) in [6, 6.07) is 17.9. The molecular weight excluding hydrogens is 404 g/mol. The van der Waals surface area contributed by atoms with E-state index in [0.717, 1.165) is 22.0 Å². The molecule has 164 valence electrons. The average molecular weight is 431 g/mol. The lowest BCUT2D eigenvalue weighted by Crippen LogP contribution is -2.51. The second kappa shape index (κ2) is 8.15. The van der Waals surface area contributed by atoms with Gasteiger partial charge in [-0.15, -0.1) is 0 Å². The van der Waals surface area contributed by atoms with Gasteiger partial charge < -0.3 is 15.6 Å². The Labute approximate surface area is 186 Å². The Bertz CT molecular complexity index is 1160. The van der Waals surface area contributed by atoms with Crippen LogP contribution in [0.3, 0.4) is 0 Å². The summed E-state index contributed by atoms with van der Waals surface area (Å²) < 4.78 is 0. The monoisotopic (exact) mass is 430 g/mol. The zero-order chi connectivity index (χ0) is 22.1. The number of carbonyl (C=O) groups excluding carboxylic acids is 3. The lowest BCUT2D eigenvalue weighted by molar-refractivity contribution is -0.130. The van der Waals surface area contributed by atoms with Crippen molar-refractivity contribution in [2.45, 2.75) is 37.1 Å². The predicted molar refractivity (Wildman–Crippen MR) is 121 cm³/mol. The van der Waals surface area contributed by atoms with Crippen LogP contribution in [0.25, 0.3) is 10.9 Å². The molecule has 5 rings (SSSR count). The summed E-state index contributed by atoms with van der Waals surface area (Å²) in [7, 11) is 0. The zero-order valence-electron chi connectivity index (χ0n) is 17.7. The number of imide groups is 1. The normalized spacial score (nSPS) is 23.7. The van der Waals surface area contributed by atoms with Gasteiger partial charge in [0.1, 0.15) is 5.54 Å². The molecule has 1 saturated heterocycles. The smallest absolute Gasteiger partial charge is 0.322 e. The molecule has 2 aromatic carbocycles. The molecule has 1 aliphatic heterocycles. The van der Waals surface area contributed by atoms with Crippen molar-refractivity contribution in [3.05, 3.63) is 71.9 Å². The van der Waals surface area contributed by atoms with Gasteiger partial charge in [0.05, 0.1) is 0 Å². The van der Waals surface area contributed by atoms with E-state index in [1.54, 1.807) is 0 Å². The average Bonchev–Trinajstić information content (AvgIpc) is 3.35. The van der Waals surface area contributed by atoms with E-state index >= 15 is 0 Å². The minimum absolute atomic E-state index is 0.00496. The molecular formula is C25H26N4O3. The summed E-state index contributed by atoms with van der Waals surface area (Å²) in [6.45, 7) is 0.490. The van der Waals surface area contributed by atoms with Gasteiger partial charge in [-0.1, -0.05) is 48.5 Å². The van der Waals surface area contributed by atoms with Crippen molar-refractivity contribution in [2.24, 2.45) is 5.92 Å². The van der Waals surface area contributed by atoms with Crippen molar-refractivity contribution in [1.82, 2.24) is 20.9 Å². The number of carbonyl (C=O) groups is 3. The topological polar surface area (TPSA) is 103 Å². The van der Waals surface area contributed by atoms with Gasteiger partial charge in [-0.25, -0.2) is 4.79 Å². The maximum atomic E-state index is 13.0. The van der Waals surface area contributed by atoms with Gasteiger partial charge in [-0.3, -0.25) is 14.9 Å². The first kappa shape index (κ1) is 20.3. The zero-order valence-corrected chi connectivity index (χ0v) is 17.7. The predicted octanol–water partition coefficient (Wildman–Crippen LogP) is 3.18. The highest BCUT2D eigenvalue weighted by Gasteiger charge is 2.48. The summed E-state index contributed by atoms with van der Waals surface area (Å²) in [5.74, 6) is -0.411. The third-order valence-corrected chi connectivity index (χ3v) is 6.90. The SMILES string of the molecule is O=C1NC(=O)C2(CCC(C(=O)NCC(c3ccccc3)c3c[nH]c4ccccc34)CC2)N1. The third-order valence-electron chi connectivity index (χ3n) is 6.90. The molecule has 1 saturated carbocycles. The van der Waals surface area contributed by atoms with Crippen LogP contribution >= 0.6 is 0 Å². The number of hydrogen-bond donors (Lipinski definition) is 4. The van der Waals surface area contributed by atoms with Gasteiger partial charge in [0.15, 0.2) is 0 Å². The molecule has 4 N–H and O–H groups in total. The Balaban J connectivity index is 1.30. The van der Waals surface area contributed by atoms with E-state index in [1.165, 1.54) is 0 Å². The minimum Gasteiger partial charge on any atom is -0.361 e. The summed E-state index contributed by atoms with van der Waals surface area (Å²) in [5, 5.41) is 9.38. The molecule has 0 bridgehead atoms. The van der Waals surface area contributed by atoms with Gasteiger partial charge in [-0.2, -0.15) is 0 Å². The Morgan fingerprint density at radius 3 is 2.47 bits per heavy atom. The van der Waals surface area contributed by atoms with Crippen LogP contribution in [0.4, 0.5) is 4.79 Å². The number of urea groups is 1. The van der Waals surface area contributed by atoms with Crippen LogP contribution in [0.5, 0.6) is 0 Å². The van der Waals surface area contributed by atoms with Crippen molar-refractivity contribution in [3.63, 3.8) is 0 Å². The fraction of sp³-hybridized carbons (Fsp3) is 0.320. The van der Waals surface area contributed by atoms with Crippen LogP contribution in [0.2, 0.25) is 0 Å². The molecule has 1 unspecified atom stereocenters. The molecule has 2 aliphatic rings. The lowest BCUT2D eigenvalue weighted by atomic mass is 9.76. The number of amides is 4. The molecule has 1 atom stereocenters. The van der Waals surface area contributed by atoms with E-state index < -0.39 is 11.6 Å². The summed E-state index contributed by atoms with van der Waals surface area (Å²) in [5.41, 5.74) is 2.53. The maximum Gasteiger partial charge on any atom is 0.322 e. The number of hydrogen-bond acceptors (Lipinski definition) is 3. The van der Waals surface area contributed by atoms with Gasteiger partial charge in [0, 0.05) is 35.5 Å². The maximum absolute atomic E-state index is 13.0. The Hall–Kier alpha value is -3.61. The van der Waals surface area contributed by atoms with Crippen LogP contribution in [0, 0.1) is 5.92 Å². The van der Waals surface area contributed by atoms with Crippen molar-refractivity contribution < 1.29 is 14.4 Å². The van der Waals surface area contributed by atoms with Crippen LogP contribution < -0.4 is 16.0 Å². The van der Waals surface area contributed by atoms with E-state index in [-0.39, 0.29) is 23.7 Å². The molecule has 7 nitrogen and oxygen atoms in total. The molecule has 0 radical (unpaired) electrons. The third kappa shape index (κ3) is 3.64. The highest BCUT2D eigenvalue weighted by Crippen LogP contribution is 2.35. The molecule has 32 heavy (non-hydrogen) atoms. The molecule has 7 heteroatoms. The van der Waals surface area contributed by atoms with Crippen molar-refractivity contribution >= 4 is 28.7 Å². The lowest BCUT2D eigenvalue weighted by Gasteiger charge is -2.34. The van der Waals surface area contributed by atoms with Crippen LogP contribution in [-0.2, 0) is 9.59 Å². The largest absolute Gasteiger partial charge is 0.361 e. The second-order valence-corrected chi connectivity index (χ2v) is 8.76. The van der Waals surface area contributed by atoms with Crippen LogP contribution in [0.15, 0.2) is 60.8 Å². The number of aromatic nitrogens is 1. The molecule has 4 amide bonds. The molecule has 3 aromatic rings. The van der Waals surface area contributed by atoms with E-state index in [2.05, 4.69) is 45.2 Å². The Morgan fingerprint density at radius 2 is 1.75 bits per heavy atom.